The van der Waals surface area contributed by atoms with Crippen LogP contribution in [0, 0.1) is 11.3 Å². The molecule has 0 aliphatic carbocycles. The summed E-state index contributed by atoms with van der Waals surface area (Å²) in [5.74, 6) is 0.553. The van der Waals surface area contributed by atoms with Crippen molar-refractivity contribution in [3.8, 4) is 6.07 Å². The molecule has 1 aliphatic heterocycles. The fourth-order valence-electron chi connectivity index (χ4n) is 2.73. The SMILES string of the molecule is C=C/C=C(C)\C=C(/C)C1=CS/C(=C(/C#N)c2ccnc(NC(CC)CC)n2)N1. The van der Waals surface area contributed by atoms with Gasteiger partial charge in [0, 0.05) is 23.3 Å². The second kappa shape index (κ2) is 10.5. The molecule has 1 aromatic heterocycles. The predicted molar refractivity (Wildman–Crippen MR) is 119 cm³/mol. The number of hydrogen-bond acceptors (Lipinski definition) is 6. The van der Waals surface area contributed by atoms with E-state index in [0.29, 0.717) is 23.3 Å². The lowest BCUT2D eigenvalue weighted by Crippen LogP contribution is -2.19. The Hall–Kier alpha value is -2.78. The minimum Gasteiger partial charge on any atom is -0.351 e. The highest BCUT2D eigenvalue weighted by Gasteiger charge is 2.18. The summed E-state index contributed by atoms with van der Waals surface area (Å²) in [5, 5.41) is 19.2. The third kappa shape index (κ3) is 5.61. The van der Waals surface area contributed by atoms with Gasteiger partial charge < -0.3 is 10.6 Å². The van der Waals surface area contributed by atoms with Crippen molar-refractivity contribution in [3.05, 3.63) is 70.0 Å². The number of rotatable bonds is 8. The Bertz CT molecular complexity index is 882. The molecule has 2 N–H and O–H groups in total. The first-order valence-corrected chi connectivity index (χ1v) is 10.3. The first-order valence-electron chi connectivity index (χ1n) is 9.38. The van der Waals surface area contributed by atoms with E-state index in [4.69, 9.17) is 0 Å². The Kier molecular flexibility index (Phi) is 8.09. The Morgan fingerprint density at radius 1 is 1.39 bits per heavy atom. The normalized spacial score (nSPS) is 16.4. The summed E-state index contributed by atoms with van der Waals surface area (Å²) in [4.78, 5) is 8.85. The summed E-state index contributed by atoms with van der Waals surface area (Å²) in [6.45, 7) is 12.0. The van der Waals surface area contributed by atoms with Crippen LogP contribution in [0.1, 0.15) is 46.2 Å². The van der Waals surface area contributed by atoms with Crippen molar-refractivity contribution in [2.45, 2.75) is 46.6 Å². The molecule has 0 aromatic carbocycles. The van der Waals surface area contributed by atoms with Gasteiger partial charge in [-0.3, -0.25) is 0 Å². The lowest BCUT2D eigenvalue weighted by Gasteiger charge is -2.15. The molecule has 1 aliphatic rings. The van der Waals surface area contributed by atoms with Gasteiger partial charge in [-0.15, -0.1) is 0 Å². The molecule has 0 saturated heterocycles. The van der Waals surface area contributed by atoms with E-state index >= 15 is 0 Å². The van der Waals surface area contributed by atoms with Crippen LogP contribution in [0.15, 0.2) is 64.4 Å². The van der Waals surface area contributed by atoms with Gasteiger partial charge in [-0.2, -0.15) is 5.26 Å². The molecule has 2 heterocycles. The lowest BCUT2D eigenvalue weighted by molar-refractivity contribution is 0.664. The van der Waals surface area contributed by atoms with E-state index in [1.54, 1.807) is 18.3 Å². The average Bonchev–Trinajstić information content (AvgIpc) is 3.17. The van der Waals surface area contributed by atoms with Crippen LogP contribution < -0.4 is 10.6 Å². The quantitative estimate of drug-likeness (QED) is 0.447. The largest absolute Gasteiger partial charge is 0.351 e. The van der Waals surface area contributed by atoms with Gasteiger partial charge in [0.1, 0.15) is 11.6 Å². The van der Waals surface area contributed by atoms with Crippen molar-refractivity contribution in [1.29, 1.82) is 5.26 Å². The first-order chi connectivity index (χ1) is 13.5. The van der Waals surface area contributed by atoms with Crippen LogP contribution in [0.3, 0.4) is 0 Å². The highest BCUT2D eigenvalue weighted by Crippen LogP contribution is 2.33. The molecule has 0 bridgehead atoms. The first kappa shape index (κ1) is 21.5. The number of nitrogens with zero attached hydrogens (tertiary/aromatic N) is 3. The maximum atomic E-state index is 9.75. The average molecular weight is 394 g/mol. The molecule has 5 nitrogen and oxygen atoms in total. The summed E-state index contributed by atoms with van der Waals surface area (Å²) in [5.41, 5.74) is 4.31. The van der Waals surface area contributed by atoms with E-state index in [1.165, 1.54) is 11.8 Å². The fourth-order valence-corrected chi connectivity index (χ4v) is 3.65. The number of allylic oxidation sites excluding steroid dienone is 6. The van der Waals surface area contributed by atoms with Crippen LogP contribution in [0.2, 0.25) is 0 Å². The lowest BCUT2D eigenvalue weighted by atomic mass is 10.1. The monoisotopic (exact) mass is 393 g/mol. The van der Waals surface area contributed by atoms with Crippen LogP contribution in [0.25, 0.3) is 5.57 Å². The molecule has 6 heteroatoms. The van der Waals surface area contributed by atoms with E-state index in [0.717, 1.165) is 34.7 Å². The number of thioether (sulfide) groups is 1. The zero-order valence-electron chi connectivity index (χ0n) is 16.9. The highest BCUT2D eigenvalue weighted by atomic mass is 32.2. The van der Waals surface area contributed by atoms with Gasteiger partial charge in [0.05, 0.1) is 10.7 Å². The maximum Gasteiger partial charge on any atom is 0.223 e. The third-order valence-corrected chi connectivity index (χ3v) is 5.26. The van der Waals surface area contributed by atoms with Crippen molar-refractivity contribution in [3.63, 3.8) is 0 Å². The minimum absolute atomic E-state index is 0.320. The summed E-state index contributed by atoms with van der Waals surface area (Å²) in [6.07, 6.45) is 9.48. The molecule has 2 rings (SSSR count). The Balaban J connectivity index is 2.25. The van der Waals surface area contributed by atoms with Gasteiger partial charge in [0.25, 0.3) is 0 Å². The van der Waals surface area contributed by atoms with Gasteiger partial charge in [-0.1, -0.05) is 56.0 Å². The van der Waals surface area contributed by atoms with E-state index in [9.17, 15) is 5.26 Å². The molecule has 0 spiro atoms. The van der Waals surface area contributed by atoms with E-state index in [-0.39, 0.29) is 0 Å². The topological polar surface area (TPSA) is 73.6 Å². The van der Waals surface area contributed by atoms with Crippen molar-refractivity contribution in [1.82, 2.24) is 15.3 Å². The molecule has 0 unspecified atom stereocenters. The number of anilines is 1. The Morgan fingerprint density at radius 3 is 2.79 bits per heavy atom. The van der Waals surface area contributed by atoms with Gasteiger partial charge >= 0.3 is 0 Å². The molecule has 1 aromatic rings. The zero-order chi connectivity index (χ0) is 20.5. The molecule has 146 valence electrons. The van der Waals surface area contributed by atoms with Gasteiger partial charge in [0.2, 0.25) is 5.95 Å². The minimum atomic E-state index is 0.320. The summed E-state index contributed by atoms with van der Waals surface area (Å²) in [6, 6.07) is 4.38. The number of hydrogen-bond donors (Lipinski definition) is 2. The zero-order valence-corrected chi connectivity index (χ0v) is 17.7. The smallest absolute Gasteiger partial charge is 0.223 e. The summed E-state index contributed by atoms with van der Waals surface area (Å²) in [7, 11) is 0. The van der Waals surface area contributed by atoms with Crippen molar-refractivity contribution >= 4 is 23.3 Å². The van der Waals surface area contributed by atoms with Crippen molar-refractivity contribution in [2.75, 3.05) is 5.32 Å². The van der Waals surface area contributed by atoms with Crippen LogP contribution >= 0.6 is 11.8 Å². The van der Waals surface area contributed by atoms with E-state index < -0.39 is 0 Å². The highest BCUT2D eigenvalue weighted by molar-refractivity contribution is 8.06. The molecular formula is C22H27N5S. The van der Waals surface area contributed by atoms with Crippen LogP contribution in [0.5, 0.6) is 0 Å². The molecular weight excluding hydrogens is 366 g/mol. The molecule has 0 fully saturated rings. The van der Waals surface area contributed by atoms with Crippen LogP contribution in [-0.4, -0.2) is 16.0 Å². The van der Waals surface area contributed by atoms with Crippen LogP contribution in [-0.2, 0) is 0 Å². The van der Waals surface area contributed by atoms with Gasteiger partial charge in [0.15, 0.2) is 0 Å². The van der Waals surface area contributed by atoms with Crippen molar-refractivity contribution < 1.29 is 0 Å². The number of aromatic nitrogens is 2. The standard InChI is InChI=1S/C22H27N5S/c1-6-9-15(4)12-16(5)20-14-28-21(26-20)18(13-23)19-10-11-24-22(27-19)25-17(7-2)8-3/h6,9-12,14,17,26H,1,7-8H2,2-5H3,(H,24,25,27)/b15-9-,16-12+,21-18-. The Morgan fingerprint density at radius 2 is 2.14 bits per heavy atom. The molecule has 0 radical (unpaired) electrons. The maximum absolute atomic E-state index is 9.75. The van der Waals surface area contributed by atoms with Crippen molar-refractivity contribution in [2.24, 2.45) is 0 Å². The Labute approximate surface area is 172 Å². The van der Waals surface area contributed by atoms with Crippen LogP contribution in [0.4, 0.5) is 5.95 Å². The molecule has 0 amide bonds. The third-order valence-electron chi connectivity index (χ3n) is 4.36. The number of nitrogens with one attached hydrogen (secondary N) is 2. The van der Waals surface area contributed by atoms with E-state index in [1.807, 2.05) is 25.3 Å². The second-order valence-corrected chi connectivity index (χ2v) is 7.37. The predicted octanol–water partition coefficient (Wildman–Crippen LogP) is 5.53. The fraction of sp³-hybridized carbons (Fsp3) is 0.318. The molecule has 28 heavy (non-hydrogen) atoms. The van der Waals surface area contributed by atoms with Gasteiger partial charge in [-0.25, -0.2) is 9.97 Å². The van der Waals surface area contributed by atoms with Gasteiger partial charge in [-0.05, 0) is 38.3 Å². The molecule has 0 atom stereocenters. The second-order valence-electron chi connectivity index (χ2n) is 6.49. The summed E-state index contributed by atoms with van der Waals surface area (Å²) < 4.78 is 0. The van der Waals surface area contributed by atoms with E-state index in [2.05, 4.69) is 53.2 Å². The molecule has 0 saturated carbocycles. The number of nitriles is 1. The summed E-state index contributed by atoms with van der Waals surface area (Å²) >= 11 is 1.50.